The predicted octanol–water partition coefficient (Wildman–Crippen LogP) is 2.18. The summed E-state index contributed by atoms with van der Waals surface area (Å²) in [7, 11) is 0. The lowest BCUT2D eigenvalue weighted by Gasteiger charge is -2.24. The minimum Gasteiger partial charge on any atom is -0.317 e. The molecule has 0 radical (unpaired) electrons. The number of pyridine rings is 1. The molecule has 21 heavy (non-hydrogen) atoms. The van der Waals surface area contributed by atoms with Gasteiger partial charge in [0.2, 0.25) is 0 Å². The lowest BCUT2D eigenvalue weighted by atomic mass is 9.87. The predicted molar refractivity (Wildman–Crippen MR) is 83.1 cm³/mol. The lowest BCUT2D eigenvalue weighted by Crippen LogP contribution is -2.27. The Morgan fingerprint density at radius 3 is 3.10 bits per heavy atom. The van der Waals surface area contributed by atoms with Gasteiger partial charge in [-0.2, -0.15) is 0 Å². The van der Waals surface area contributed by atoms with E-state index in [2.05, 4.69) is 28.3 Å². The second-order valence-corrected chi connectivity index (χ2v) is 5.71. The van der Waals surface area contributed by atoms with Crippen molar-refractivity contribution in [2.24, 2.45) is 5.92 Å². The van der Waals surface area contributed by atoms with Crippen molar-refractivity contribution >= 4 is 0 Å². The van der Waals surface area contributed by atoms with Gasteiger partial charge in [-0.25, -0.2) is 9.97 Å². The molecule has 1 N–H and O–H groups in total. The van der Waals surface area contributed by atoms with E-state index in [4.69, 9.17) is 4.98 Å². The molecule has 110 valence electrons. The molecule has 2 heterocycles. The van der Waals surface area contributed by atoms with E-state index in [9.17, 15) is 0 Å². The van der Waals surface area contributed by atoms with Gasteiger partial charge in [0.25, 0.3) is 0 Å². The maximum Gasteiger partial charge on any atom is 0.132 e. The van der Waals surface area contributed by atoms with Gasteiger partial charge in [0.05, 0.1) is 0 Å². The Hall–Kier alpha value is -1.81. The van der Waals surface area contributed by atoms with Gasteiger partial charge < -0.3 is 5.32 Å². The zero-order valence-corrected chi connectivity index (χ0v) is 12.5. The highest BCUT2D eigenvalue weighted by Crippen LogP contribution is 2.23. The van der Waals surface area contributed by atoms with Crippen LogP contribution in [0, 0.1) is 5.92 Å². The van der Waals surface area contributed by atoms with Crippen LogP contribution in [0.3, 0.4) is 0 Å². The summed E-state index contributed by atoms with van der Waals surface area (Å²) in [6, 6.07) is 4.03. The lowest BCUT2D eigenvalue weighted by molar-refractivity contribution is 0.423. The molecule has 1 aliphatic carbocycles. The molecule has 1 unspecified atom stereocenters. The smallest absolute Gasteiger partial charge is 0.132 e. The van der Waals surface area contributed by atoms with Crippen LogP contribution in [0.5, 0.6) is 0 Å². The summed E-state index contributed by atoms with van der Waals surface area (Å²) in [5.41, 5.74) is 3.74. The van der Waals surface area contributed by atoms with Gasteiger partial charge in [0.1, 0.15) is 5.82 Å². The average molecular weight is 282 g/mol. The number of hydrogen-bond donors (Lipinski definition) is 1. The van der Waals surface area contributed by atoms with Crippen LogP contribution in [0.2, 0.25) is 0 Å². The van der Waals surface area contributed by atoms with Crippen LogP contribution in [0.15, 0.2) is 30.7 Å². The third kappa shape index (κ3) is 3.64. The molecule has 0 fully saturated rings. The molecule has 0 spiro atoms. The Labute approximate surface area is 126 Å². The first kappa shape index (κ1) is 14.1. The molecule has 4 heteroatoms. The molecule has 0 saturated heterocycles. The molecule has 3 rings (SSSR count). The molecule has 0 aliphatic heterocycles. The van der Waals surface area contributed by atoms with Crippen LogP contribution in [0.25, 0.3) is 0 Å². The Morgan fingerprint density at radius 1 is 1.33 bits per heavy atom. The van der Waals surface area contributed by atoms with Crippen LogP contribution in [0.4, 0.5) is 0 Å². The number of aromatic nitrogens is 3. The van der Waals surface area contributed by atoms with E-state index in [1.807, 2.05) is 18.5 Å². The van der Waals surface area contributed by atoms with Gasteiger partial charge in [-0.15, -0.1) is 0 Å². The fourth-order valence-electron chi connectivity index (χ4n) is 2.92. The SMILES string of the molecule is CCNCC1CCc2nc(Cc3cccnc3)ncc2C1. The van der Waals surface area contributed by atoms with Crippen molar-refractivity contribution in [3.05, 3.63) is 53.4 Å². The van der Waals surface area contributed by atoms with E-state index < -0.39 is 0 Å². The van der Waals surface area contributed by atoms with Crippen molar-refractivity contribution in [3.63, 3.8) is 0 Å². The molecule has 1 aliphatic rings. The molecular formula is C17H22N4. The number of hydrogen-bond acceptors (Lipinski definition) is 4. The monoisotopic (exact) mass is 282 g/mol. The van der Waals surface area contributed by atoms with E-state index in [-0.39, 0.29) is 0 Å². The van der Waals surface area contributed by atoms with Gasteiger partial charge in [0.15, 0.2) is 0 Å². The van der Waals surface area contributed by atoms with Crippen molar-refractivity contribution in [2.45, 2.75) is 32.6 Å². The van der Waals surface area contributed by atoms with Crippen molar-refractivity contribution in [1.29, 1.82) is 0 Å². The second kappa shape index (κ2) is 6.76. The highest BCUT2D eigenvalue weighted by Gasteiger charge is 2.20. The third-order valence-electron chi connectivity index (χ3n) is 4.07. The van der Waals surface area contributed by atoms with Crippen molar-refractivity contribution in [3.8, 4) is 0 Å². The minimum atomic E-state index is 0.727. The molecule has 0 amide bonds. The number of nitrogens with one attached hydrogen (secondary N) is 1. The maximum absolute atomic E-state index is 4.76. The van der Waals surface area contributed by atoms with Crippen LogP contribution in [-0.2, 0) is 19.3 Å². The zero-order chi connectivity index (χ0) is 14.5. The first-order chi connectivity index (χ1) is 10.3. The van der Waals surface area contributed by atoms with Gasteiger partial charge in [-0.1, -0.05) is 13.0 Å². The van der Waals surface area contributed by atoms with Crippen LogP contribution >= 0.6 is 0 Å². The largest absolute Gasteiger partial charge is 0.317 e. The number of nitrogens with zero attached hydrogens (tertiary/aromatic N) is 3. The second-order valence-electron chi connectivity index (χ2n) is 5.71. The standard InChI is InChI=1S/C17H22N4/c1-2-18-10-14-5-6-16-15(8-14)12-20-17(21-16)9-13-4-3-7-19-11-13/h3-4,7,11-12,14,18H,2,5-6,8-10H2,1H3. The number of fused-ring (bicyclic) bond motifs is 1. The molecular weight excluding hydrogens is 260 g/mol. The molecule has 2 aromatic rings. The summed E-state index contributed by atoms with van der Waals surface area (Å²) in [5.74, 6) is 1.64. The Balaban J connectivity index is 1.69. The quantitative estimate of drug-likeness (QED) is 0.913. The summed E-state index contributed by atoms with van der Waals surface area (Å²) < 4.78 is 0. The van der Waals surface area contributed by atoms with Crippen molar-refractivity contribution < 1.29 is 0 Å². The Kier molecular flexibility index (Phi) is 4.55. The van der Waals surface area contributed by atoms with Gasteiger partial charge in [-0.3, -0.25) is 4.98 Å². The van der Waals surface area contributed by atoms with Gasteiger partial charge >= 0.3 is 0 Å². The molecule has 0 saturated carbocycles. The fourth-order valence-corrected chi connectivity index (χ4v) is 2.92. The summed E-state index contributed by atoms with van der Waals surface area (Å²) in [6.45, 7) is 4.31. The molecule has 0 aromatic carbocycles. The normalized spacial score (nSPS) is 17.5. The van der Waals surface area contributed by atoms with Crippen LogP contribution < -0.4 is 5.32 Å². The highest BCUT2D eigenvalue weighted by molar-refractivity contribution is 5.23. The van der Waals surface area contributed by atoms with Crippen molar-refractivity contribution in [1.82, 2.24) is 20.3 Å². The average Bonchev–Trinajstić information content (AvgIpc) is 2.54. The topological polar surface area (TPSA) is 50.7 Å². The summed E-state index contributed by atoms with van der Waals surface area (Å²) in [5, 5.41) is 3.45. The van der Waals surface area contributed by atoms with E-state index in [1.54, 1.807) is 6.20 Å². The highest BCUT2D eigenvalue weighted by atomic mass is 14.9. The number of aryl methyl sites for hydroxylation is 1. The summed E-state index contributed by atoms with van der Waals surface area (Å²) >= 11 is 0. The van der Waals surface area contributed by atoms with E-state index >= 15 is 0 Å². The number of rotatable bonds is 5. The molecule has 1 atom stereocenters. The van der Waals surface area contributed by atoms with Crippen LogP contribution in [0.1, 0.15) is 36.0 Å². The maximum atomic E-state index is 4.76. The van der Waals surface area contributed by atoms with E-state index in [1.165, 1.54) is 23.2 Å². The first-order valence-corrected chi connectivity index (χ1v) is 7.78. The third-order valence-corrected chi connectivity index (χ3v) is 4.07. The molecule has 0 bridgehead atoms. The van der Waals surface area contributed by atoms with E-state index in [0.29, 0.717) is 0 Å². The summed E-state index contributed by atoms with van der Waals surface area (Å²) in [6.07, 6.45) is 9.89. The fraction of sp³-hybridized carbons (Fsp3) is 0.471. The van der Waals surface area contributed by atoms with E-state index in [0.717, 1.165) is 44.1 Å². The first-order valence-electron chi connectivity index (χ1n) is 7.78. The van der Waals surface area contributed by atoms with Crippen molar-refractivity contribution in [2.75, 3.05) is 13.1 Å². The van der Waals surface area contributed by atoms with Gasteiger partial charge in [0, 0.05) is 30.7 Å². The summed E-state index contributed by atoms with van der Waals surface area (Å²) in [4.78, 5) is 13.5. The minimum absolute atomic E-state index is 0.727. The van der Waals surface area contributed by atoms with Gasteiger partial charge in [-0.05, 0) is 55.5 Å². The Bertz CT molecular complexity index is 583. The van der Waals surface area contributed by atoms with Crippen LogP contribution in [-0.4, -0.2) is 28.0 Å². The molecule has 4 nitrogen and oxygen atoms in total. The zero-order valence-electron chi connectivity index (χ0n) is 12.5. The Morgan fingerprint density at radius 2 is 2.29 bits per heavy atom. The molecule has 2 aromatic heterocycles.